The van der Waals surface area contributed by atoms with E-state index in [0.29, 0.717) is 0 Å². The van der Waals surface area contributed by atoms with Crippen LogP contribution in [0.1, 0.15) is 29.5 Å². The van der Waals surface area contributed by atoms with Gasteiger partial charge in [-0.1, -0.05) is 158 Å². The highest BCUT2D eigenvalue weighted by Crippen LogP contribution is 2.55. The molecule has 11 rings (SSSR count). The Morgan fingerprint density at radius 2 is 1.10 bits per heavy atom. The second kappa shape index (κ2) is 14.2. The molecule has 59 heavy (non-hydrogen) atoms. The zero-order valence-electron chi connectivity index (χ0n) is 32.7. The molecule has 0 saturated heterocycles. The molecule has 2 heteroatoms. The number of furan rings is 1. The Balaban J connectivity index is 1.09. The largest absolute Gasteiger partial charge is 0.456 e. The van der Waals surface area contributed by atoms with Gasteiger partial charge in [0.2, 0.25) is 0 Å². The molecule has 0 spiro atoms. The summed E-state index contributed by atoms with van der Waals surface area (Å²) in [6.07, 6.45) is 8.64. The SMILES string of the molecule is C=CCC/C=C/C1(c2ccccc2)c2ccccc2-c2ccc(N(c3ccc(-c4ccc5ccc6ccccc6c5c4)cc3)c3ccc4c(c3)oc3ccccc34)cc21. The van der Waals surface area contributed by atoms with Crippen LogP contribution in [0.4, 0.5) is 17.1 Å². The van der Waals surface area contributed by atoms with Crippen LogP contribution >= 0.6 is 0 Å². The third-order valence-corrected chi connectivity index (χ3v) is 12.3. The molecule has 0 amide bonds. The third kappa shape index (κ3) is 5.71. The van der Waals surface area contributed by atoms with Crippen molar-refractivity contribution in [2.24, 2.45) is 0 Å². The van der Waals surface area contributed by atoms with Crippen LogP contribution in [0, 0.1) is 0 Å². The molecule has 9 aromatic carbocycles. The van der Waals surface area contributed by atoms with E-state index in [9.17, 15) is 0 Å². The molecule has 1 heterocycles. The first-order valence-corrected chi connectivity index (χ1v) is 20.5. The van der Waals surface area contributed by atoms with Gasteiger partial charge in [-0.05, 0) is 122 Å². The fourth-order valence-corrected chi connectivity index (χ4v) is 9.49. The van der Waals surface area contributed by atoms with Crippen LogP contribution in [0.3, 0.4) is 0 Å². The van der Waals surface area contributed by atoms with Gasteiger partial charge in [-0.25, -0.2) is 0 Å². The molecule has 0 aliphatic heterocycles. The van der Waals surface area contributed by atoms with Crippen LogP contribution in [0.5, 0.6) is 0 Å². The number of allylic oxidation sites excluding steroid dienone is 3. The molecule has 1 aliphatic carbocycles. The van der Waals surface area contributed by atoms with E-state index in [4.69, 9.17) is 4.42 Å². The summed E-state index contributed by atoms with van der Waals surface area (Å²) in [6.45, 7) is 4.00. The van der Waals surface area contributed by atoms with Gasteiger partial charge in [0.15, 0.2) is 0 Å². The van der Waals surface area contributed by atoms with Gasteiger partial charge in [0.05, 0.1) is 5.41 Å². The summed E-state index contributed by atoms with van der Waals surface area (Å²) in [4.78, 5) is 2.38. The van der Waals surface area contributed by atoms with Crippen molar-refractivity contribution in [3.63, 3.8) is 0 Å². The number of unbranched alkanes of at least 4 members (excludes halogenated alkanes) is 1. The zero-order valence-corrected chi connectivity index (χ0v) is 32.7. The monoisotopic (exact) mass is 755 g/mol. The van der Waals surface area contributed by atoms with Crippen LogP contribution in [-0.2, 0) is 5.41 Å². The molecule has 10 aromatic rings. The smallest absolute Gasteiger partial charge is 0.137 e. The number of rotatable bonds is 9. The summed E-state index contributed by atoms with van der Waals surface area (Å²) < 4.78 is 6.49. The number of hydrogen-bond acceptors (Lipinski definition) is 2. The molecule has 1 aliphatic rings. The summed E-state index contributed by atoms with van der Waals surface area (Å²) in [5.41, 5.74) is 13.2. The van der Waals surface area contributed by atoms with Crippen LogP contribution in [0.2, 0.25) is 0 Å². The Bertz CT molecular complexity index is 3240. The molecular weight excluding hydrogens is 715 g/mol. The maximum Gasteiger partial charge on any atom is 0.137 e. The van der Waals surface area contributed by atoms with Gasteiger partial charge in [0.1, 0.15) is 11.2 Å². The average Bonchev–Trinajstić information content (AvgIpc) is 3.81. The van der Waals surface area contributed by atoms with Crippen molar-refractivity contribution in [3.05, 3.63) is 236 Å². The quantitative estimate of drug-likeness (QED) is 0.0829. The molecular formula is C57H41NO. The molecule has 0 bridgehead atoms. The van der Waals surface area contributed by atoms with E-state index in [0.717, 1.165) is 51.8 Å². The number of hydrogen-bond donors (Lipinski definition) is 0. The highest BCUT2D eigenvalue weighted by atomic mass is 16.3. The van der Waals surface area contributed by atoms with E-state index >= 15 is 0 Å². The van der Waals surface area contributed by atoms with E-state index in [2.05, 4.69) is 206 Å². The number of anilines is 3. The van der Waals surface area contributed by atoms with Crippen LogP contribution in [0.15, 0.2) is 223 Å². The maximum atomic E-state index is 6.49. The molecule has 0 N–H and O–H groups in total. The molecule has 1 atom stereocenters. The lowest BCUT2D eigenvalue weighted by molar-refractivity contribution is 0.669. The van der Waals surface area contributed by atoms with Gasteiger partial charge in [0, 0.05) is 33.9 Å². The second-order valence-electron chi connectivity index (χ2n) is 15.6. The normalized spacial score (nSPS) is 14.6. The van der Waals surface area contributed by atoms with Crippen molar-refractivity contribution in [2.45, 2.75) is 18.3 Å². The van der Waals surface area contributed by atoms with Crippen molar-refractivity contribution < 1.29 is 4.42 Å². The standard InChI is InChI=1S/C57H41NO/c1-2-3-4-14-35-57(43-16-6-5-7-17-43)53-21-12-10-19-48(53)49-33-31-45(37-54(49)57)58(46-32-34-51-50-20-11-13-22-55(50)59-56(51)38-46)44-29-27-39(28-30-44)42-26-25-41-24-23-40-15-8-9-18-47(40)52(41)36-42/h2,5-38H,1,3-4H2/b35-14+. The highest BCUT2D eigenvalue weighted by molar-refractivity contribution is 6.09. The van der Waals surface area contributed by atoms with Crippen molar-refractivity contribution >= 4 is 60.5 Å². The number of benzene rings is 9. The number of nitrogens with zero attached hydrogens (tertiary/aromatic N) is 1. The predicted molar refractivity (Wildman–Crippen MR) is 249 cm³/mol. The van der Waals surface area contributed by atoms with Crippen LogP contribution < -0.4 is 4.90 Å². The molecule has 0 saturated carbocycles. The molecule has 2 nitrogen and oxygen atoms in total. The third-order valence-electron chi connectivity index (χ3n) is 12.3. The Morgan fingerprint density at radius 1 is 0.458 bits per heavy atom. The maximum absolute atomic E-state index is 6.49. The Labute approximate surface area is 344 Å². The second-order valence-corrected chi connectivity index (χ2v) is 15.6. The number of fused-ring (bicyclic) bond motifs is 9. The minimum absolute atomic E-state index is 0.469. The summed E-state index contributed by atoms with van der Waals surface area (Å²) >= 11 is 0. The van der Waals surface area contributed by atoms with Crippen LogP contribution in [-0.4, -0.2) is 0 Å². The minimum atomic E-state index is -0.469. The summed E-state index contributed by atoms with van der Waals surface area (Å²) in [6, 6.07) is 70.8. The summed E-state index contributed by atoms with van der Waals surface area (Å²) in [5, 5.41) is 7.28. The van der Waals surface area contributed by atoms with Gasteiger partial charge in [0.25, 0.3) is 0 Å². The minimum Gasteiger partial charge on any atom is -0.456 e. The van der Waals surface area contributed by atoms with Gasteiger partial charge >= 0.3 is 0 Å². The summed E-state index contributed by atoms with van der Waals surface area (Å²) in [7, 11) is 0. The molecule has 0 radical (unpaired) electrons. The fraction of sp³-hybridized carbons (Fsp3) is 0.0526. The van der Waals surface area contributed by atoms with E-state index in [-0.39, 0.29) is 0 Å². The van der Waals surface area contributed by atoms with Gasteiger partial charge in [-0.15, -0.1) is 6.58 Å². The van der Waals surface area contributed by atoms with Crippen molar-refractivity contribution in [1.82, 2.24) is 0 Å². The molecule has 1 aromatic heterocycles. The first kappa shape index (κ1) is 34.8. The topological polar surface area (TPSA) is 16.4 Å². The lowest BCUT2D eigenvalue weighted by Gasteiger charge is -2.32. The predicted octanol–water partition coefficient (Wildman–Crippen LogP) is 15.9. The van der Waals surface area contributed by atoms with Crippen molar-refractivity contribution in [2.75, 3.05) is 4.90 Å². The van der Waals surface area contributed by atoms with E-state index < -0.39 is 5.41 Å². The zero-order chi connectivity index (χ0) is 39.3. The van der Waals surface area contributed by atoms with Gasteiger partial charge in [-0.3, -0.25) is 0 Å². The molecule has 1 unspecified atom stereocenters. The lowest BCUT2D eigenvalue weighted by Crippen LogP contribution is -2.24. The first-order chi connectivity index (χ1) is 29.2. The first-order valence-electron chi connectivity index (χ1n) is 20.5. The Kier molecular flexibility index (Phi) is 8.37. The fourth-order valence-electron chi connectivity index (χ4n) is 9.49. The van der Waals surface area contributed by atoms with E-state index in [1.54, 1.807) is 0 Å². The molecule has 280 valence electrons. The average molecular weight is 756 g/mol. The highest BCUT2D eigenvalue weighted by Gasteiger charge is 2.43. The van der Waals surface area contributed by atoms with Crippen LogP contribution in [0.25, 0.3) is 65.7 Å². The molecule has 0 fully saturated rings. The Hall–Kier alpha value is -7.42. The Morgan fingerprint density at radius 3 is 1.97 bits per heavy atom. The van der Waals surface area contributed by atoms with Crippen molar-refractivity contribution in [1.29, 1.82) is 0 Å². The van der Waals surface area contributed by atoms with Crippen molar-refractivity contribution in [3.8, 4) is 22.3 Å². The van der Waals surface area contributed by atoms with Gasteiger partial charge in [-0.2, -0.15) is 0 Å². The summed E-state index contributed by atoms with van der Waals surface area (Å²) in [5.74, 6) is 0. The van der Waals surface area contributed by atoms with Gasteiger partial charge < -0.3 is 9.32 Å². The van der Waals surface area contributed by atoms with E-state index in [1.807, 2.05) is 18.2 Å². The lowest BCUT2D eigenvalue weighted by atomic mass is 9.72. The van der Waals surface area contributed by atoms with E-state index in [1.165, 1.54) is 60.5 Å². The number of para-hydroxylation sites is 1.